The zero-order valence-electron chi connectivity index (χ0n) is 18.4. The van der Waals surface area contributed by atoms with Crippen LogP contribution in [0.3, 0.4) is 0 Å². The fourth-order valence-corrected chi connectivity index (χ4v) is 4.99. The van der Waals surface area contributed by atoms with E-state index in [-0.39, 0.29) is 10.8 Å². The van der Waals surface area contributed by atoms with Gasteiger partial charge in [0.1, 0.15) is 5.75 Å². The minimum Gasteiger partial charge on any atom is -0.507 e. The normalized spacial score (nSPS) is 21.6. The first-order valence-corrected chi connectivity index (χ1v) is 10.9. The number of hydrogen-bond donors (Lipinski definition) is 2. The Labute approximate surface area is 166 Å². The highest BCUT2D eigenvalue weighted by Gasteiger charge is 2.35. The summed E-state index contributed by atoms with van der Waals surface area (Å²) < 4.78 is 0. The zero-order valence-corrected chi connectivity index (χ0v) is 18.4. The van der Waals surface area contributed by atoms with Crippen molar-refractivity contribution in [2.24, 2.45) is 5.92 Å². The first-order chi connectivity index (χ1) is 12.6. The van der Waals surface area contributed by atoms with Crippen LogP contribution >= 0.6 is 0 Å². The van der Waals surface area contributed by atoms with Gasteiger partial charge in [0.2, 0.25) is 0 Å². The molecule has 0 aromatic heterocycles. The lowest BCUT2D eigenvalue weighted by atomic mass is 9.76. The Kier molecular flexibility index (Phi) is 5.93. The summed E-state index contributed by atoms with van der Waals surface area (Å²) in [6, 6.07) is 5.14. The summed E-state index contributed by atoms with van der Waals surface area (Å²) in [5.41, 5.74) is 3.50. The Morgan fingerprint density at radius 2 is 1.41 bits per heavy atom. The van der Waals surface area contributed by atoms with Gasteiger partial charge in [-0.3, -0.25) is 4.90 Å². The lowest BCUT2D eigenvalue weighted by molar-refractivity contribution is 0.125. The number of benzene rings is 1. The summed E-state index contributed by atoms with van der Waals surface area (Å²) in [6.07, 6.45) is 5.41. The number of rotatable bonds is 3. The molecule has 1 saturated carbocycles. The Balaban J connectivity index is 2.12. The summed E-state index contributed by atoms with van der Waals surface area (Å²) in [6.45, 7) is 17.7. The van der Waals surface area contributed by atoms with Gasteiger partial charge in [0.25, 0.3) is 0 Å². The van der Waals surface area contributed by atoms with Crippen LogP contribution in [0.4, 0.5) is 0 Å². The lowest BCUT2D eigenvalue weighted by Gasteiger charge is -2.40. The first kappa shape index (κ1) is 20.7. The van der Waals surface area contributed by atoms with Gasteiger partial charge in [0.15, 0.2) is 0 Å². The molecule has 0 unspecified atom stereocenters. The highest BCUT2D eigenvalue weighted by Crippen LogP contribution is 2.45. The largest absolute Gasteiger partial charge is 0.507 e. The molecule has 152 valence electrons. The highest BCUT2D eigenvalue weighted by molar-refractivity contribution is 5.50. The van der Waals surface area contributed by atoms with Gasteiger partial charge in [-0.25, -0.2) is 0 Å². The maximum atomic E-state index is 11.1. The van der Waals surface area contributed by atoms with E-state index < -0.39 is 0 Å². The Bertz CT molecular complexity index is 606. The molecule has 2 N–H and O–H groups in total. The van der Waals surface area contributed by atoms with Gasteiger partial charge in [-0.15, -0.1) is 0 Å². The third kappa shape index (κ3) is 4.51. The quantitative estimate of drug-likeness (QED) is 0.772. The molecule has 0 radical (unpaired) electrons. The van der Waals surface area contributed by atoms with Crippen LogP contribution in [0, 0.1) is 5.92 Å². The first-order valence-electron chi connectivity index (χ1n) is 10.9. The third-order valence-electron chi connectivity index (χ3n) is 6.48. The molecule has 1 aliphatic heterocycles. The smallest absolute Gasteiger partial charge is 0.123 e. The fraction of sp³-hybridized carbons (Fsp3) is 0.750. The number of nitrogens with one attached hydrogen (secondary N) is 1. The van der Waals surface area contributed by atoms with E-state index in [9.17, 15) is 5.11 Å². The maximum Gasteiger partial charge on any atom is 0.123 e. The molecule has 3 nitrogen and oxygen atoms in total. The second-order valence-corrected chi connectivity index (χ2v) is 10.7. The second kappa shape index (κ2) is 7.75. The van der Waals surface area contributed by atoms with Crippen molar-refractivity contribution in [3.8, 4) is 5.75 Å². The van der Waals surface area contributed by atoms with Crippen molar-refractivity contribution in [2.45, 2.75) is 84.1 Å². The molecule has 1 aliphatic carbocycles. The molecule has 1 aromatic rings. The molecule has 0 amide bonds. The molecule has 27 heavy (non-hydrogen) atoms. The number of phenols is 1. The number of nitrogens with zero attached hydrogens (tertiary/aromatic N) is 1. The van der Waals surface area contributed by atoms with Gasteiger partial charge in [0, 0.05) is 32.2 Å². The summed E-state index contributed by atoms with van der Waals surface area (Å²) in [4.78, 5) is 2.71. The van der Waals surface area contributed by atoms with Crippen LogP contribution in [0.25, 0.3) is 0 Å². The molecular weight excluding hydrogens is 332 g/mol. The van der Waals surface area contributed by atoms with Crippen LogP contribution in [0.1, 0.15) is 90.0 Å². The molecule has 1 aromatic carbocycles. The number of piperazine rings is 1. The number of phenolic OH excluding ortho intramolecular Hbond substituents is 1. The van der Waals surface area contributed by atoms with E-state index in [1.54, 1.807) is 0 Å². The van der Waals surface area contributed by atoms with Crippen molar-refractivity contribution in [1.82, 2.24) is 10.2 Å². The van der Waals surface area contributed by atoms with Crippen LogP contribution < -0.4 is 5.32 Å². The van der Waals surface area contributed by atoms with Crippen LogP contribution in [0.2, 0.25) is 0 Å². The predicted octanol–water partition coefficient (Wildman–Crippen LogP) is 5.12. The van der Waals surface area contributed by atoms with Crippen molar-refractivity contribution in [3.05, 3.63) is 28.8 Å². The van der Waals surface area contributed by atoms with E-state index in [4.69, 9.17) is 0 Å². The zero-order chi connectivity index (χ0) is 19.8. The Morgan fingerprint density at radius 1 is 0.926 bits per heavy atom. The van der Waals surface area contributed by atoms with Crippen LogP contribution in [0.15, 0.2) is 12.1 Å². The van der Waals surface area contributed by atoms with E-state index >= 15 is 0 Å². The van der Waals surface area contributed by atoms with Crippen molar-refractivity contribution >= 4 is 0 Å². The summed E-state index contributed by atoms with van der Waals surface area (Å²) in [5.74, 6) is 1.25. The van der Waals surface area contributed by atoms with Gasteiger partial charge >= 0.3 is 0 Å². The topological polar surface area (TPSA) is 35.5 Å². The predicted molar refractivity (Wildman–Crippen MR) is 115 cm³/mol. The van der Waals surface area contributed by atoms with E-state index in [1.807, 2.05) is 0 Å². The molecule has 1 saturated heterocycles. The van der Waals surface area contributed by atoms with E-state index in [0.717, 1.165) is 43.2 Å². The molecule has 2 fully saturated rings. The lowest BCUT2D eigenvalue weighted by Crippen LogP contribution is -2.46. The average Bonchev–Trinajstić information content (AvgIpc) is 3.09. The van der Waals surface area contributed by atoms with Gasteiger partial charge < -0.3 is 10.4 Å². The van der Waals surface area contributed by atoms with Crippen molar-refractivity contribution in [1.29, 1.82) is 0 Å². The minimum atomic E-state index is -0.0657. The SMILES string of the molecule is CC(C)(C)c1cc([C@H](C2CCCC2)N2CCNCC2)cc(C(C)(C)C)c1O. The fourth-order valence-electron chi connectivity index (χ4n) is 4.99. The van der Waals surface area contributed by atoms with Gasteiger partial charge in [-0.2, -0.15) is 0 Å². The van der Waals surface area contributed by atoms with Crippen molar-refractivity contribution in [2.75, 3.05) is 26.2 Å². The van der Waals surface area contributed by atoms with E-state index in [2.05, 4.69) is 63.9 Å². The van der Waals surface area contributed by atoms with Gasteiger partial charge in [-0.05, 0) is 58.4 Å². The third-order valence-corrected chi connectivity index (χ3v) is 6.48. The molecule has 3 rings (SSSR count). The van der Waals surface area contributed by atoms with Crippen LogP contribution in [-0.2, 0) is 10.8 Å². The Hall–Kier alpha value is -1.06. The molecule has 1 atom stereocenters. The molecular formula is C24H40N2O. The average molecular weight is 373 g/mol. The van der Waals surface area contributed by atoms with Crippen LogP contribution in [-0.4, -0.2) is 36.2 Å². The van der Waals surface area contributed by atoms with Crippen molar-refractivity contribution in [3.63, 3.8) is 0 Å². The van der Waals surface area contributed by atoms with Gasteiger partial charge in [-0.1, -0.05) is 54.4 Å². The standard InChI is InChI=1S/C24H40N2O/c1-23(2,3)19-15-18(16-20(22(19)27)24(4,5)6)21(17-9-7-8-10-17)26-13-11-25-12-14-26/h15-17,21,25,27H,7-14H2,1-6H3/t21-/m0/s1. The minimum absolute atomic E-state index is 0.0657. The summed E-state index contributed by atoms with van der Waals surface area (Å²) >= 11 is 0. The van der Waals surface area contributed by atoms with Crippen molar-refractivity contribution < 1.29 is 5.11 Å². The summed E-state index contributed by atoms with van der Waals surface area (Å²) in [7, 11) is 0. The van der Waals surface area contributed by atoms with E-state index in [0.29, 0.717) is 11.8 Å². The molecule has 2 aliphatic rings. The molecule has 3 heteroatoms. The van der Waals surface area contributed by atoms with E-state index in [1.165, 1.54) is 31.2 Å². The van der Waals surface area contributed by atoms with Crippen LogP contribution in [0.5, 0.6) is 5.75 Å². The number of hydrogen-bond acceptors (Lipinski definition) is 3. The molecule has 0 bridgehead atoms. The number of aromatic hydroxyl groups is 1. The monoisotopic (exact) mass is 372 g/mol. The Morgan fingerprint density at radius 3 is 1.85 bits per heavy atom. The van der Waals surface area contributed by atoms with Gasteiger partial charge in [0.05, 0.1) is 0 Å². The summed E-state index contributed by atoms with van der Waals surface area (Å²) in [5, 5.41) is 14.6. The molecule has 0 spiro atoms. The maximum absolute atomic E-state index is 11.1. The molecule has 1 heterocycles. The second-order valence-electron chi connectivity index (χ2n) is 10.7. The highest BCUT2D eigenvalue weighted by atomic mass is 16.3.